The van der Waals surface area contributed by atoms with Crippen LogP contribution in [0.3, 0.4) is 0 Å². The second kappa shape index (κ2) is 15.2. The van der Waals surface area contributed by atoms with Crippen molar-refractivity contribution in [1.29, 1.82) is 0 Å². The summed E-state index contributed by atoms with van der Waals surface area (Å²) in [5.41, 5.74) is 1.20. The van der Waals surface area contributed by atoms with Gasteiger partial charge in [0.05, 0.1) is 7.11 Å². The zero-order chi connectivity index (χ0) is 17.6. The van der Waals surface area contributed by atoms with Crippen molar-refractivity contribution in [3.05, 3.63) is 29.8 Å². The number of ether oxygens (including phenoxy) is 2. The number of aliphatic imine (C=N–C) groups is 1. The Bertz CT molecular complexity index is 486. The van der Waals surface area contributed by atoms with Gasteiger partial charge >= 0.3 is 0 Å². The van der Waals surface area contributed by atoms with E-state index in [1.165, 1.54) is 5.56 Å². The van der Waals surface area contributed by atoms with E-state index in [1.807, 2.05) is 18.2 Å². The van der Waals surface area contributed by atoms with Crippen LogP contribution in [0.2, 0.25) is 0 Å². The Balaban J connectivity index is 0.00000576. The molecule has 0 aliphatic rings. The summed E-state index contributed by atoms with van der Waals surface area (Å²) in [6.45, 7) is 4.48. The van der Waals surface area contributed by atoms with E-state index >= 15 is 0 Å². The van der Waals surface area contributed by atoms with Gasteiger partial charge in [0.2, 0.25) is 0 Å². The largest absolute Gasteiger partial charge is 0.496 e. The average molecular weight is 464 g/mol. The lowest BCUT2D eigenvalue weighted by atomic mass is 10.1. The smallest absolute Gasteiger partial charge is 0.191 e. The number of methoxy groups -OCH3 is 2. The van der Waals surface area contributed by atoms with Gasteiger partial charge in [-0.3, -0.25) is 4.99 Å². The number of para-hydroxylation sites is 1. The van der Waals surface area contributed by atoms with Crippen LogP contribution in [0.25, 0.3) is 0 Å². The topological polar surface area (TPSA) is 58.1 Å². The predicted octanol–water partition coefficient (Wildman–Crippen LogP) is 1.99. The minimum atomic E-state index is 0. The van der Waals surface area contributed by atoms with Crippen molar-refractivity contribution >= 4 is 29.9 Å². The number of nitrogens with zero attached hydrogens (tertiary/aromatic N) is 2. The summed E-state index contributed by atoms with van der Waals surface area (Å²) in [4.78, 5) is 6.54. The molecular weight excluding hydrogens is 431 g/mol. The second-order valence-corrected chi connectivity index (χ2v) is 5.64. The molecule has 1 aromatic rings. The summed E-state index contributed by atoms with van der Waals surface area (Å²) >= 11 is 0. The van der Waals surface area contributed by atoms with Crippen molar-refractivity contribution in [2.24, 2.45) is 4.99 Å². The molecule has 7 heteroatoms. The van der Waals surface area contributed by atoms with Crippen molar-refractivity contribution in [2.75, 3.05) is 61.1 Å². The van der Waals surface area contributed by atoms with E-state index in [9.17, 15) is 0 Å². The number of halogens is 1. The van der Waals surface area contributed by atoms with Crippen LogP contribution in [-0.2, 0) is 11.2 Å². The molecule has 6 nitrogen and oxygen atoms in total. The van der Waals surface area contributed by atoms with Crippen LogP contribution in [-0.4, -0.2) is 72.0 Å². The van der Waals surface area contributed by atoms with E-state index in [4.69, 9.17) is 9.47 Å². The lowest BCUT2D eigenvalue weighted by molar-refractivity contribution is 0.180. The van der Waals surface area contributed by atoms with E-state index in [0.717, 1.165) is 57.3 Å². The molecule has 1 rings (SSSR count). The van der Waals surface area contributed by atoms with Crippen molar-refractivity contribution in [1.82, 2.24) is 15.5 Å². The summed E-state index contributed by atoms with van der Waals surface area (Å²) < 4.78 is 10.4. The van der Waals surface area contributed by atoms with Crippen molar-refractivity contribution in [3.8, 4) is 5.75 Å². The Morgan fingerprint density at radius 3 is 2.52 bits per heavy atom. The number of nitrogens with one attached hydrogen (secondary N) is 2. The van der Waals surface area contributed by atoms with Crippen LogP contribution in [0.15, 0.2) is 29.3 Å². The van der Waals surface area contributed by atoms with Crippen LogP contribution >= 0.6 is 24.0 Å². The predicted molar refractivity (Wildman–Crippen MR) is 115 cm³/mol. The van der Waals surface area contributed by atoms with E-state index in [2.05, 4.69) is 33.6 Å². The highest BCUT2D eigenvalue weighted by atomic mass is 127. The minimum Gasteiger partial charge on any atom is -0.496 e. The normalized spacial score (nSPS) is 11.2. The van der Waals surface area contributed by atoms with Gasteiger partial charge in [0.1, 0.15) is 5.75 Å². The highest BCUT2D eigenvalue weighted by Gasteiger charge is 2.03. The fourth-order valence-corrected chi connectivity index (χ4v) is 2.40. The fourth-order valence-electron chi connectivity index (χ4n) is 2.40. The molecule has 0 aliphatic heterocycles. The van der Waals surface area contributed by atoms with Gasteiger partial charge in [0, 0.05) is 46.9 Å². The van der Waals surface area contributed by atoms with Crippen molar-refractivity contribution in [2.45, 2.75) is 12.8 Å². The zero-order valence-electron chi connectivity index (χ0n) is 15.9. The Morgan fingerprint density at radius 1 is 1.12 bits per heavy atom. The van der Waals surface area contributed by atoms with Gasteiger partial charge in [-0.1, -0.05) is 18.2 Å². The maximum Gasteiger partial charge on any atom is 0.191 e. The Hall–Kier alpha value is -1.06. The van der Waals surface area contributed by atoms with Crippen molar-refractivity contribution < 1.29 is 9.47 Å². The molecule has 0 heterocycles. The van der Waals surface area contributed by atoms with Crippen LogP contribution < -0.4 is 15.4 Å². The Labute approximate surface area is 169 Å². The molecule has 0 aliphatic carbocycles. The fraction of sp³-hybridized carbons (Fsp3) is 0.611. The first-order chi connectivity index (χ1) is 11.7. The van der Waals surface area contributed by atoms with Crippen LogP contribution in [0.1, 0.15) is 12.0 Å². The first-order valence-corrected chi connectivity index (χ1v) is 8.45. The summed E-state index contributed by atoms with van der Waals surface area (Å²) in [5, 5.41) is 6.68. The molecule has 0 spiro atoms. The molecule has 0 fully saturated rings. The maximum absolute atomic E-state index is 5.37. The van der Waals surface area contributed by atoms with Gasteiger partial charge in [-0.15, -0.1) is 24.0 Å². The summed E-state index contributed by atoms with van der Waals surface area (Å²) in [5.74, 6) is 1.76. The van der Waals surface area contributed by atoms with E-state index in [1.54, 1.807) is 21.3 Å². The molecule has 0 saturated heterocycles. The third-order valence-electron chi connectivity index (χ3n) is 3.78. The molecule has 0 bridgehead atoms. The number of guanidine groups is 1. The highest BCUT2D eigenvalue weighted by molar-refractivity contribution is 14.0. The minimum absolute atomic E-state index is 0. The van der Waals surface area contributed by atoms with Crippen LogP contribution in [0, 0.1) is 0 Å². The van der Waals surface area contributed by atoms with Gasteiger partial charge in [-0.25, -0.2) is 0 Å². The van der Waals surface area contributed by atoms with Gasteiger partial charge in [-0.05, 0) is 31.5 Å². The van der Waals surface area contributed by atoms with Crippen LogP contribution in [0.4, 0.5) is 0 Å². The summed E-state index contributed by atoms with van der Waals surface area (Å²) in [7, 11) is 7.36. The van der Waals surface area contributed by atoms with E-state index < -0.39 is 0 Å². The Kier molecular flexibility index (Phi) is 14.6. The molecule has 0 radical (unpaired) electrons. The number of benzene rings is 1. The summed E-state index contributed by atoms with van der Waals surface area (Å²) in [6.07, 6.45) is 1.94. The molecule has 1 aromatic carbocycles. The van der Waals surface area contributed by atoms with Crippen molar-refractivity contribution in [3.63, 3.8) is 0 Å². The highest BCUT2D eigenvalue weighted by Crippen LogP contribution is 2.17. The molecule has 0 unspecified atom stereocenters. The quantitative estimate of drug-likeness (QED) is 0.227. The zero-order valence-corrected chi connectivity index (χ0v) is 18.2. The standard InChI is InChI=1S/C18H32N4O2.HI/c1-19-18(21-12-14-22(2)13-7-15-23-3)20-11-10-16-8-5-6-9-17(16)24-4;/h5-6,8-9H,7,10-15H2,1-4H3,(H2,19,20,21);1H. The second-order valence-electron chi connectivity index (χ2n) is 5.64. The number of likely N-dealkylation sites (N-methyl/N-ethyl adjacent to an activating group) is 1. The monoisotopic (exact) mass is 464 g/mol. The molecule has 0 atom stereocenters. The first-order valence-electron chi connectivity index (χ1n) is 8.45. The van der Waals surface area contributed by atoms with Gasteiger partial charge in [-0.2, -0.15) is 0 Å². The molecule has 144 valence electrons. The lowest BCUT2D eigenvalue weighted by Gasteiger charge is -2.18. The average Bonchev–Trinajstić information content (AvgIpc) is 2.61. The SMILES string of the molecule is CN=C(NCCc1ccccc1OC)NCCN(C)CCCOC.I. The first kappa shape index (κ1) is 23.9. The van der Waals surface area contributed by atoms with Crippen LogP contribution in [0.5, 0.6) is 5.75 Å². The van der Waals surface area contributed by atoms with Gasteiger partial charge in [0.15, 0.2) is 5.96 Å². The number of hydrogen-bond donors (Lipinski definition) is 2. The van der Waals surface area contributed by atoms with E-state index in [-0.39, 0.29) is 24.0 Å². The van der Waals surface area contributed by atoms with E-state index in [0.29, 0.717) is 0 Å². The molecule has 0 amide bonds. The molecule has 0 saturated carbocycles. The molecule has 0 aromatic heterocycles. The lowest BCUT2D eigenvalue weighted by Crippen LogP contribution is -2.41. The summed E-state index contributed by atoms with van der Waals surface area (Å²) in [6, 6.07) is 8.09. The molecule has 2 N–H and O–H groups in total. The van der Waals surface area contributed by atoms with Gasteiger partial charge < -0.3 is 25.0 Å². The Morgan fingerprint density at radius 2 is 1.84 bits per heavy atom. The third kappa shape index (κ3) is 10.5. The number of rotatable bonds is 11. The molecule has 25 heavy (non-hydrogen) atoms. The van der Waals surface area contributed by atoms with Gasteiger partial charge in [0.25, 0.3) is 0 Å². The third-order valence-corrected chi connectivity index (χ3v) is 3.78. The number of hydrogen-bond acceptors (Lipinski definition) is 4. The maximum atomic E-state index is 5.37. The molecular formula is C18H33IN4O2.